The van der Waals surface area contributed by atoms with Gasteiger partial charge in [0, 0.05) is 23.0 Å². The molecule has 0 amide bonds. The van der Waals surface area contributed by atoms with Crippen LogP contribution < -0.4 is 0 Å². The fourth-order valence-corrected chi connectivity index (χ4v) is 3.16. The van der Waals surface area contributed by atoms with E-state index in [0.29, 0.717) is 0 Å². The number of hydrogen-bond donors (Lipinski definition) is 0. The second kappa shape index (κ2) is 5.73. The molecule has 0 radical (unpaired) electrons. The fourth-order valence-electron chi connectivity index (χ4n) is 1.94. The molecule has 0 fully saturated rings. The molecule has 1 aromatic heterocycles. The van der Waals surface area contributed by atoms with Gasteiger partial charge in [0.05, 0.1) is 5.02 Å². The Balaban J connectivity index is 1.95. The molecule has 3 aromatic rings. The van der Waals surface area contributed by atoms with Crippen molar-refractivity contribution in [3.8, 4) is 5.69 Å². The summed E-state index contributed by atoms with van der Waals surface area (Å²) in [5.74, 6) is 0. The number of imidazole rings is 1. The van der Waals surface area contributed by atoms with Gasteiger partial charge in [0.2, 0.25) is 0 Å². The number of halogens is 1. The first-order chi connectivity index (χ1) is 9.74. The van der Waals surface area contributed by atoms with Crippen LogP contribution in [0.5, 0.6) is 0 Å². The Morgan fingerprint density at radius 2 is 1.90 bits per heavy atom. The van der Waals surface area contributed by atoms with Crippen molar-refractivity contribution in [2.45, 2.75) is 17.0 Å². The van der Waals surface area contributed by atoms with Crippen molar-refractivity contribution in [1.82, 2.24) is 9.55 Å². The third kappa shape index (κ3) is 2.74. The largest absolute Gasteiger partial charge is 0.295 e. The van der Waals surface area contributed by atoms with Crippen LogP contribution in [0.3, 0.4) is 0 Å². The Labute approximate surface area is 127 Å². The lowest BCUT2D eigenvalue weighted by Crippen LogP contribution is -1.94. The first-order valence-corrected chi connectivity index (χ1v) is 7.46. The predicted octanol–water partition coefficient (Wildman–Crippen LogP) is 4.99. The molecule has 0 saturated heterocycles. The van der Waals surface area contributed by atoms with Gasteiger partial charge in [0.25, 0.3) is 0 Å². The lowest BCUT2D eigenvalue weighted by Gasteiger charge is -2.08. The van der Waals surface area contributed by atoms with Crippen LogP contribution in [0, 0.1) is 6.92 Å². The topological polar surface area (TPSA) is 17.8 Å². The van der Waals surface area contributed by atoms with Gasteiger partial charge in [-0.25, -0.2) is 4.98 Å². The van der Waals surface area contributed by atoms with Crippen molar-refractivity contribution in [3.05, 3.63) is 71.5 Å². The number of aromatic nitrogens is 2. The molecule has 100 valence electrons. The van der Waals surface area contributed by atoms with E-state index < -0.39 is 0 Å². The van der Waals surface area contributed by atoms with Crippen molar-refractivity contribution < 1.29 is 0 Å². The van der Waals surface area contributed by atoms with E-state index in [1.165, 1.54) is 0 Å². The van der Waals surface area contributed by atoms with Gasteiger partial charge < -0.3 is 0 Å². The van der Waals surface area contributed by atoms with Gasteiger partial charge in [-0.1, -0.05) is 35.9 Å². The quantitative estimate of drug-likeness (QED) is 0.678. The molecule has 0 unspecified atom stereocenters. The van der Waals surface area contributed by atoms with Crippen molar-refractivity contribution in [1.29, 1.82) is 0 Å². The van der Waals surface area contributed by atoms with E-state index in [9.17, 15) is 0 Å². The minimum Gasteiger partial charge on any atom is -0.295 e. The minimum atomic E-state index is 0.762. The van der Waals surface area contributed by atoms with E-state index in [1.807, 2.05) is 43.5 Å². The lowest BCUT2D eigenvalue weighted by molar-refractivity contribution is 0.895. The third-order valence-corrected chi connectivity index (χ3v) is 4.42. The molecule has 0 aliphatic heterocycles. The molecular weight excluding hydrogens is 288 g/mol. The zero-order valence-electron chi connectivity index (χ0n) is 11.0. The molecule has 4 heteroatoms. The summed E-state index contributed by atoms with van der Waals surface area (Å²) in [5, 5.41) is 1.67. The lowest BCUT2D eigenvalue weighted by atomic mass is 10.2. The molecule has 0 N–H and O–H groups in total. The highest BCUT2D eigenvalue weighted by Gasteiger charge is 2.09. The summed E-state index contributed by atoms with van der Waals surface area (Å²) in [5.41, 5.74) is 2.25. The highest BCUT2D eigenvalue weighted by molar-refractivity contribution is 7.99. The van der Waals surface area contributed by atoms with E-state index in [4.69, 9.17) is 11.6 Å². The maximum absolute atomic E-state index is 6.29. The number of rotatable bonds is 3. The van der Waals surface area contributed by atoms with Crippen LogP contribution in [0.25, 0.3) is 5.69 Å². The second-order valence-corrected chi connectivity index (χ2v) is 5.87. The van der Waals surface area contributed by atoms with Crippen molar-refractivity contribution >= 4 is 23.4 Å². The van der Waals surface area contributed by atoms with Crippen LogP contribution in [0.2, 0.25) is 5.02 Å². The molecule has 20 heavy (non-hydrogen) atoms. The molecule has 2 aromatic carbocycles. The van der Waals surface area contributed by atoms with Gasteiger partial charge >= 0.3 is 0 Å². The molecule has 0 bridgehead atoms. The van der Waals surface area contributed by atoms with E-state index in [1.54, 1.807) is 18.0 Å². The first-order valence-electron chi connectivity index (χ1n) is 6.27. The standard InChI is InChI=1S/C16H13ClN2S/c1-12-7-8-15(14(17)11-12)20-16-18-9-10-19(16)13-5-3-2-4-6-13/h2-11H,1H3. The molecular formula is C16H13ClN2S. The number of aryl methyl sites for hydroxylation is 1. The monoisotopic (exact) mass is 300 g/mol. The SMILES string of the molecule is Cc1ccc(Sc2nccn2-c2ccccc2)c(Cl)c1. The highest BCUT2D eigenvalue weighted by atomic mass is 35.5. The van der Waals surface area contributed by atoms with Gasteiger partial charge in [-0.15, -0.1) is 0 Å². The molecule has 2 nitrogen and oxygen atoms in total. The summed E-state index contributed by atoms with van der Waals surface area (Å²) in [6.45, 7) is 2.03. The maximum atomic E-state index is 6.29. The van der Waals surface area contributed by atoms with Crippen molar-refractivity contribution in [2.75, 3.05) is 0 Å². The number of hydrogen-bond acceptors (Lipinski definition) is 2. The number of nitrogens with zero attached hydrogens (tertiary/aromatic N) is 2. The molecule has 0 saturated carbocycles. The summed E-state index contributed by atoms with van der Waals surface area (Å²) in [6, 6.07) is 16.2. The van der Waals surface area contributed by atoms with E-state index >= 15 is 0 Å². The minimum absolute atomic E-state index is 0.762. The molecule has 0 spiro atoms. The van der Waals surface area contributed by atoms with Gasteiger partial charge in [0.15, 0.2) is 5.16 Å². The average molecular weight is 301 g/mol. The summed E-state index contributed by atoms with van der Waals surface area (Å²) in [6.07, 6.45) is 3.76. The molecule has 0 aliphatic rings. The van der Waals surface area contributed by atoms with E-state index in [2.05, 4.69) is 27.8 Å². The summed E-state index contributed by atoms with van der Waals surface area (Å²) < 4.78 is 2.06. The first kappa shape index (κ1) is 13.3. The van der Waals surface area contributed by atoms with Gasteiger partial charge in [-0.05, 0) is 48.5 Å². The van der Waals surface area contributed by atoms with Crippen LogP contribution in [-0.2, 0) is 0 Å². The maximum Gasteiger partial charge on any atom is 0.177 e. The summed E-state index contributed by atoms with van der Waals surface area (Å²) in [7, 11) is 0. The Morgan fingerprint density at radius 3 is 2.65 bits per heavy atom. The van der Waals surface area contributed by atoms with Crippen molar-refractivity contribution in [2.24, 2.45) is 0 Å². The van der Waals surface area contributed by atoms with Crippen LogP contribution in [0.15, 0.2) is 71.0 Å². The summed E-state index contributed by atoms with van der Waals surface area (Å²) in [4.78, 5) is 5.43. The third-order valence-electron chi connectivity index (χ3n) is 2.93. The van der Waals surface area contributed by atoms with Gasteiger partial charge in [-0.3, -0.25) is 4.57 Å². The Kier molecular flexibility index (Phi) is 3.81. The van der Waals surface area contributed by atoms with Crippen LogP contribution in [0.4, 0.5) is 0 Å². The van der Waals surface area contributed by atoms with E-state index in [0.717, 1.165) is 26.3 Å². The Hall–Kier alpha value is -1.71. The molecule has 3 rings (SSSR count). The Morgan fingerprint density at radius 1 is 1.10 bits per heavy atom. The Bertz CT molecular complexity index is 722. The number of para-hydroxylation sites is 1. The number of benzene rings is 2. The molecule has 1 heterocycles. The van der Waals surface area contributed by atoms with E-state index in [-0.39, 0.29) is 0 Å². The van der Waals surface area contributed by atoms with Crippen molar-refractivity contribution in [3.63, 3.8) is 0 Å². The van der Waals surface area contributed by atoms with Gasteiger partial charge in [-0.2, -0.15) is 0 Å². The van der Waals surface area contributed by atoms with Crippen LogP contribution >= 0.6 is 23.4 Å². The molecule has 0 aliphatic carbocycles. The van der Waals surface area contributed by atoms with Crippen LogP contribution in [0.1, 0.15) is 5.56 Å². The van der Waals surface area contributed by atoms with Gasteiger partial charge in [0.1, 0.15) is 0 Å². The zero-order valence-corrected chi connectivity index (χ0v) is 12.5. The highest BCUT2D eigenvalue weighted by Crippen LogP contribution is 2.33. The average Bonchev–Trinajstić information content (AvgIpc) is 2.91. The fraction of sp³-hybridized carbons (Fsp3) is 0.0625. The predicted molar refractivity (Wildman–Crippen MR) is 83.9 cm³/mol. The van der Waals surface area contributed by atoms with Crippen LogP contribution in [-0.4, -0.2) is 9.55 Å². The summed E-state index contributed by atoms with van der Waals surface area (Å²) >= 11 is 7.86. The normalized spacial score (nSPS) is 10.7. The second-order valence-electron chi connectivity index (χ2n) is 4.45. The molecule has 0 atom stereocenters. The zero-order chi connectivity index (χ0) is 13.9. The smallest absolute Gasteiger partial charge is 0.177 e.